The van der Waals surface area contributed by atoms with Crippen LogP contribution in [0.3, 0.4) is 0 Å². The lowest BCUT2D eigenvalue weighted by atomic mass is 9.83. The zero-order valence-electron chi connectivity index (χ0n) is 8.58. The first-order valence-electron chi connectivity index (χ1n) is 4.60. The first-order chi connectivity index (χ1) is 5.89. The molecule has 0 amide bonds. The van der Waals surface area contributed by atoms with Crippen molar-refractivity contribution in [1.29, 1.82) is 0 Å². The van der Waals surface area contributed by atoms with Gasteiger partial charge >= 0.3 is 0 Å². The molecule has 2 atom stereocenters. The standard InChI is InChI=1S/C9H22N2S2/c1-8(5-10,6-12)3-4-9(2,11)7-13/h12-13H,3-7,10-11H2,1-2H3/t8-,9+/m1/s1. The van der Waals surface area contributed by atoms with Crippen LogP contribution < -0.4 is 11.5 Å². The Hall–Kier alpha value is 0.620. The Morgan fingerprint density at radius 1 is 1.08 bits per heavy atom. The second-order valence-corrected chi connectivity index (χ2v) is 5.12. The van der Waals surface area contributed by atoms with Gasteiger partial charge in [0.15, 0.2) is 0 Å². The van der Waals surface area contributed by atoms with Crippen LogP contribution in [0.25, 0.3) is 0 Å². The lowest BCUT2D eigenvalue weighted by molar-refractivity contribution is 0.306. The molecule has 0 aromatic carbocycles. The molecule has 2 nitrogen and oxygen atoms in total. The van der Waals surface area contributed by atoms with Crippen molar-refractivity contribution in [1.82, 2.24) is 0 Å². The van der Waals surface area contributed by atoms with Crippen LogP contribution >= 0.6 is 25.3 Å². The fourth-order valence-corrected chi connectivity index (χ4v) is 1.36. The van der Waals surface area contributed by atoms with Gasteiger partial charge < -0.3 is 11.5 Å². The fourth-order valence-electron chi connectivity index (χ4n) is 0.912. The first-order valence-corrected chi connectivity index (χ1v) is 5.86. The molecule has 0 radical (unpaired) electrons. The number of hydrogen-bond donors (Lipinski definition) is 4. The Morgan fingerprint density at radius 3 is 1.92 bits per heavy atom. The van der Waals surface area contributed by atoms with Crippen LogP contribution in [0.5, 0.6) is 0 Å². The maximum atomic E-state index is 5.99. The van der Waals surface area contributed by atoms with Gasteiger partial charge in [0.1, 0.15) is 0 Å². The van der Waals surface area contributed by atoms with E-state index in [2.05, 4.69) is 32.2 Å². The van der Waals surface area contributed by atoms with E-state index in [0.717, 1.165) is 18.6 Å². The van der Waals surface area contributed by atoms with E-state index in [1.165, 1.54) is 0 Å². The van der Waals surface area contributed by atoms with Gasteiger partial charge in [0.05, 0.1) is 0 Å². The largest absolute Gasteiger partial charge is 0.330 e. The SMILES string of the molecule is C[C@@](N)(CS)CC[C@](C)(CN)CS. The molecule has 13 heavy (non-hydrogen) atoms. The summed E-state index contributed by atoms with van der Waals surface area (Å²) in [4.78, 5) is 0. The molecule has 0 aliphatic heterocycles. The maximum Gasteiger partial charge on any atom is 0.0215 e. The van der Waals surface area contributed by atoms with Crippen LogP contribution in [0, 0.1) is 5.41 Å². The van der Waals surface area contributed by atoms with E-state index in [1.807, 2.05) is 6.92 Å². The van der Waals surface area contributed by atoms with Gasteiger partial charge in [-0.1, -0.05) is 6.92 Å². The number of thiol groups is 2. The molecule has 0 aromatic heterocycles. The van der Waals surface area contributed by atoms with Gasteiger partial charge in [0.2, 0.25) is 0 Å². The van der Waals surface area contributed by atoms with Gasteiger partial charge in [-0.25, -0.2) is 0 Å². The van der Waals surface area contributed by atoms with Gasteiger partial charge in [-0.15, -0.1) is 0 Å². The summed E-state index contributed by atoms with van der Waals surface area (Å²) in [6, 6.07) is 0. The van der Waals surface area contributed by atoms with Gasteiger partial charge in [-0.3, -0.25) is 0 Å². The molecular formula is C9H22N2S2. The highest BCUT2D eigenvalue weighted by molar-refractivity contribution is 7.80. The fraction of sp³-hybridized carbons (Fsp3) is 1.00. The quantitative estimate of drug-likeness (QED) is 0.512. The van der Waals surface area contributed by atoms with E-state index in [0.29, 0.717) is 12.3 Å². The molecule has 80 valence electrons. The van der Waals surface area contributed by atoms with Crippen LogP contribution in [0.15, 0.2) is 0 Å². The topological polar surface area (TPSA) is 52.0 Å². The zero-order valence-corrected chi connectivity index (χ0v) is 10.4. The Labute approximate surface area is 92.6 Å². The third-order valence-corrected chi connectivity index (χ3v) is 4.02. The van der Waals surface area contributed by atoms with E-state index < -0.39 is 0 Å². The zero-order chi connectivity index (χ0) is 10.5. The monoisotopic (exact) mass is 222 g/mol. The summed E-state index contributed by atoms with van der Waals surface area (Å²) >= 11 is 8.51. The average Bonchev–Trinajstić information content (AvgIpc) is 2.14. The Bertz CT molecular complexity index is 145. The van der Waals surface area contributed by atoms with Crippen LogP contribution in [0.2, 0.25) is 0 Å². The summed E-state index contributed by atoms with van der Waals surface area (Å²) < 4.78 is 0. The summed E-state index contributed by atoms with van der Waals surface area (Å²) in [6.07, 6.45) is 1.96. The summed E-state index contributed by atoms with van der Waals surface area (Å²) in [5.41, 5.74) is 11.6. The van der Waals surface area contributed by atoms with Gasteiger partial charge in [-0.05, 0) is 37.5 Å². The smallest absolute Gasteiger partial charge is 0.0215 e. The second-order valence-electron chi connectivity index (χ2n) is 4.49. The molecule has 0 aromatic rings. The Balaban J connectivity index is 3.99. The summed E-state index contributed by atoms with van der Waals surface area (Å²) in [5, 5.41) is 0. The van der Waals surface area contributed by atoms with Gasteiger partial charge in [0, 0.05) is 11.3 Å². The van der Waals surface area contributed by atoms with Crippen LogP contribution in [-0.4, -0.2) is 23.6 Å². The number of nitrogens with two attached hydrogens (primary N) is 2. The lowest BCUT2D eigenvalue weighted by Crippen LogP contribution is -2.41. The van der Waals surface area contributed by atoms with E-state index in [1.54, 1.807) is 0 Å². The predicted octanol–water partition coefficient (Wildman–Crippen LogP) is 1.31. The molecule has 0 saturated carbocycles. The molecule has 0 aliphatic carbocycles. The molecule has 4 heteroatoms. The molecule has 0 saturated heterocycles. The molecule has 0 bridgehead atoms. The van der Waals surface area contributed by atoms with Gasteiger partial charge in [-0.2, -0.15) is 25.3 Å². The third kappa shape index (κ3) is 5.15. The first kappa shape index (κ1) is 13.6. The summed E-state index contributed by atoms with van der Waals surface area (Å²) in [5.74, 6) is 1.52. The third-order valence-electron chi connectivity index (χ3n) is 2.54. The molecule has 0 unspecified atom stereocenters. The minimum Gasteiger partial charge on any atom is -0.330 e. The minimum atomic E-state index is -0.178. The maximum absolute atomic E-state index is 5.99. The molecule has 0 aliphatic rings. The molecule has 0 heterocycles. The number of hydrogen-bond acceptors (Lipinski definition) is 4. The van der Waals surface area contributed by atoms with Gasteiger partial charge in [0.25, 0.3) is 0 Å². The Morgan fingerprint density at radius 2 is 1.62 bits per heavy atom. The van der Waals surface area contributed by atoms with E-state index in [4.69, 9.17) is 11.5 Å². The number of rotatable bonds is 6. The minimum absolute atomic E-state index is 0.118. The summed E-state index contributed by atoms with van der Waals surface area (Å²) in [7, 11) is 0. The normalized spacial score (nSPS) is 20.8. The van der Waals surface area contributed by atoms with E-state index in [-0.39, 0.29) is 11.0 Å². The highest BCUT2D eigenvalue weighted by Crippen LogP contribution is 2.26. The van der Waals surface area contributed by atoms with Crippen LogP contribution in [0.1, 0.15) is 26.7 Å². The molecule has 4 N–H and O–H groups in total. The van der Waals surface area contributed by atoms with Crippen molar-refractivity contribution in [2.45, 2.75) is 32.2 Å². The molecular weight excluding hydrogens is 200 g/mol. The lowest BCUT2D eigenvalue weighted by Gasteiger charge is -2.30. The second kappa shape index (κ2) is 5.49. The summed E-state index contributed by atoms with van der Waals surface area (Å²) in [6.45, 7) is 4.84. The van der Waals surface area contributed by atoms with E-state index >= 15 is 0 Å². The predicted molar refractivity (Wildman–Crippen MR) is 66.7 cm³/mol. The average molecular weight is 222 g/mol. The molecule has 0 rings (SSSR count). The highest BCUT2D eigenvalue weighted by Gasteiger charge is 2.25. The molecule has 0 fully saturated rings. The highest BCUT2D eigenvalue weighted by atomic mass is 32.1. The Kier molecular flexibility index (Phi) is 5.75. The molecule has 0 spiro atoms. The van der Waals surface area contributed by atoms with Crippen molar-refractivity contribution < 1.29 is 0 Å². The van der Waals surface area contributed by atoms with Crippen molar-refractivity contribution >= 4 is 25.3 Å². The van der Waals surface area contributed by atoms with Crippen molar-refractivity contribution in [2.75, 3.05) is 18.1 Å². The van der Waals surface area contributed by atoms with Crippen molar-refractivity contribution in [2.24, 2.45) is 16.9 Å². The van der Waals surface area contributed by atoms with Crippen LogP contribution in [-0.2, 0) is 0 Å². The van der Waals surface area contributed by atoms with Crippen molar-refractivity contribution in [3.05, 3.63) is 0 Å². The van der Waals surface area contributed by atoms with Crippen molar-refractivity contribution in [3.63, 3.8) is 0 Å². The van der Waals surface area contributed by atoms with Crippen LogP contribution in [0.4, 0.5) is 0 Å². The van der Waals surface area contributed by atoms with Crippen molar-refractivity contribution in [3.8, 4) is 0 Å². The van der Waals surface area contributed by atoms with E-state index in [9.17, 15) is 0 Å².